The fourth-order valence-corrected chi connectivity index (χ4v) is 2.70. The maximum atomic E-state index is 12.3. The van der Waals surface area contributed by atoms with Gasteiger partial charge in [0.05, 0.1) is 5.02 Å². The maximum absolute atomic E-state index is 12.3. The number of nitrogens with zero attached hydrogens (tertiary/aromatic N) is 2. The lowest BCUT2D eigenvalue weighted by molar-refractivity contribution is 0.0779. The minimum atomic E-state index is -0.335. The molecule has 2 aromatic rings. The predicted molar refractivity (Wildman–Crippen MR) is 86.5 cm³/mol. The zero-order valence-corrected chi connectivity index (χ0v) is 13.9. The van der Waals surface area contributed by atoms with E-state index in [2.05, 4.69) is 4.98 Å². The maximum Gasteiger partial charge on any atom is 0.274 e. The van der Waals surface area contributed by atoms with Gasteiger partial charge >= 0.3 is 0 Å². The molecule has 0 fully saturated rings. The summed E-state index contributed by atoms with van der Waals surface area (Å²) in [5.41, 5.74) is 0.918. The van der Waals surface area contributed by atoms with E-state index in [0.717, 1.165) is 5.56 Å². The van der Waals surface area contributed by atoms with Crippen LogP contribution < -0.4 is 0 Å². The van der Waals surface area contributed by atoms with Crippen molar-refractivity contribution >= 4 is 52.3 Å². The number of hydrogen-bond donors (Lipinski definition) is 0. The Balaban J connectivity index is 2.21. The summed E-state index contributed by atoms with van der Waals surface area (Å²) in [7, 11) is 1.63. The van der Waals surface area contributed by atoms with Crippen molar-refractivity contribution in [2.45, 2.75) is 6.54 Å². The van der Waals surface area contributed by atoms with E-state index in [1.807, 2.05) is 0 Å². The molecule has 0 aliphatic heterocycles. The first-order valence-electron chi connectivity index (χ1n) is 5.89. The summed E-state index contributed by atoms with van der Waals surface area (Å²) in [4.78, 5) is 17.8. The molecular weight excluding hydrogens is 354 g/mol. The molecule has 0 aliphatic carbocycles. The summed E-state index contributed by atoms with van der Waals surface area (Å²) in [5, 5.41) is 1.48. The van der Waals surface area contributed by atoms with Crippen LogP contribution >= 0.6 is 46.4 Å². The van der Waals surface area contributed by atoms with E-state index in [-0.39, 0.29) is 21.8 Å². The SMILES string of the molecule is CN(Cc1cc(Cl)cc(Cl)c1)C(=O)c1nc(Cl)ccc1Cl. The number of benzene rings is 1. The van der Waals surface area contributed by atoms with Crippen molar-refractivity contribution in [3.63, 3.8) is 0 Å². The van der Waals surface area contributed by atoms with Crippen LogP contribution in [0.2, 0.25) is 20.2 Å². The molecule has 0 atom stereocenters. The van der Waals surface area contributed by atoms with Gasteiger partial charge < -0.3 is 4.90 Å². The van der Waals surface area contributed by atoms with Crippen LogP contribution in [0.4, 0.5) is 0 Å². The van der Waals surface area contributed by atoms with E-state index in [0.29, 0.717) is 16.6 Å². The summed E-state index contributed by atoms with van der Waals surface area (Å²) in [6, 6.07) is 8.17. The smallest absolute Gasteiger partial charge is 0.274 e. The second kappa shape index (κ2) is 6.84. The van der Waals surface area contributed by atoms with Gasteiger partial charge in [-0.2, -0.15) is 0 Å². The van der Waals surface area contributed by atoms with Crippen molar-refractivity contribution in [2.24, 2.45) is 0 Å². The van der Waals surface area contributed by atoms with Crippen LogP contribution in [-0.4, -0.2) is 22.8 Å². The molecule has 7 heteroatoms. The van der Waals surface area contributed by atoms with E-state index >= 15 is 0 Å². The highest BCUT2D eigenvalue weighted by Crippen LogP contribution is 2.22. The van der Waals surface area contributed by atoms with Crippen LogP contribution in [0.25, 0.3) is 0 Å². The van der Waals surface area contributed by atoms with Crippen molar-refractivity contribution in [2.75, 3.05) is 7.05 Å². The number of pyridine rings is 1. The minimum Gasteiger partial charge on any atom is -0.336 e. The van der Waals surface area contributed by atoms with Crippen LogP contribution in [0.3, 0.4) is 0 Å². The summed E-state index contributed by atoms with van der Waals surface area (Å²) >= 11 is 23.6. The Morgan fingerprint density at radius 3 is 2.33 bits per heavy atom. The lowest BCUT2D eigenvalue weighted by Crippen LogP contribution is -2.27. The summed E-state index contributed by atoms with van der Waals surface area (Å²) < 4.78 is 0. The van der Waals surface area contributed by atoms with Crippen molar-refractivity contribution < 1.29 is 4.79 Å². The Kier molecular flexibility index (Phi) is 5.33. The zero-order chi connectivity index (χ0) is 15.6. The highest BCUT2D eigenvalue weighted by Gasteiger charge is 2.18. The first kappa shape index (κ1) is 16.4. The van der Waals surface area contributed by atoms with Crippen molar-refractivity contribution in [3.8, 4) is 0 Å². The monoisotopic (exact) mass is 362 g/mol. The summed E-state index contributed by atoms with van der Waals surface area (Å²) in [6.07, 6.45) is 0. The molecule has 0 spiro atoms. The lowest BCUT2D eigenvalue weighted by Gasteiger charge is -2.18. The van der Waals surface area contributed by atoms with Gasteiger partial charge in [0.1, 0.15) is 10.8 Å². The van der Waals surface area contributed by atoms with Crippen LogP contribution in [0.15, 0.2) is 30.3 Å². The van der Waals surface area contributed by atoms with Crippen molar-refractivity contribution in [1.82, 2.24) is 9.88 Å². The van der Waals surface area contributed by atoms with Gasteiger partial charge in [0.2, 0.25) is 0 Å². The van der Waals surface area contributed by atoms with Crippen molar-refractivity contribution in [3.05, 3.63) is 61.8 Å². The van der Waals surface area contributed by atoms with Gasteiger partial charge in [-0.15, -0.1) is 0 Å². The number of halogens is 4. The van der Waals surface area contributed by atoms with Crippen LogP contribution in [0, 0.1) is 0 Å². The fourth-order valence-electron chi connectivity index (χ4n) is 1.80. The van der Waals surface area contributed by atoms with E-state index in [1.165, 1.54) is 17.0 Å². The largest absolute Gasteiger partial charge is 0.336 e. The van der Waals surface area contributed by atoms with Gasteiger partial charge in [0.25, 0.3) is 5.91 Å². The lowest BCUT2D eigenvalue weighted by atomic mass is 10.2. The van der Waals surface area contributed by atoms with Crippen LogP contribution in [0.1, 0.15) is 16.1 Å². The molecule has 21 heavy (non-hydrogen) atoms. The topological polar surface area (TPSA) is 33.2 Å². The zero-order valence-electron chi connectivity index (χ0n) is 10.9. The van der Waals surface area contributed by atoms with Crippen LogP contribution in [-0.2, 0) is 6.54 Å². The molecule has 1 aromatic carbocycles. The van der Waals surface area contributed by atoms with E-state index < -0.39 is 0 Å². The minimum absolute atomic E-state index is 0.111. The van der Waals surface area contributed by atoms with Crippen LogP contribution in [0.5, 0.6) is 0 Å². The number of rotatable bonds is 3. The van der Waals surface area contributed by atoms with Gasteiger partial charge in [-0.3, -0.25) is 4.79 Å². The number of amides is 1. The third kappa shape index (κ3) is 4.24. The number of carbonyl (C=O) groups excluding carboxylic acids is 1. The first-order chi connectivity index (χ1) is 9.86. The molecule has 1 heterocycles. The molecule has 0 saturated heterocycles. The van der Waals surface area contributed by atoms with Gasteiger partial charge in [-0.25, -0.2) is 4.98 Å². The summed E-state index contributed by atoms with van der Waals surface area (Å²) in [6.45, 7) is 0.323. The van der Waals surface area contributed by atoms with Gasteiger partial charge in [-0.1, -0.05) is 46.4 Å². The molecule has 0 aliphatic rings. The van der Waals surface area contributed by atoms with E-state index in [4.69, 9.17) is 46.4 Å². The molecule has 1 aromatic heterocycles. The van der Waals surface area contributed by atoms with Gasteiger partial charge in [-0.05, 0) is 35.9 Å². The van der Waals surface area contributed by atoms with Gasteiger partial charge in [0.15, 0.2) is 0 Å². The molecule has 1 amide bonds. The number of hydrogen-bond acceptors (Lipinski definition) is 2. The number of aromatic nitrogens is 1. The Bertz CT molecular complexity index is 670. The second-order valence-corrected chi connectivity index (χ2v) is 6.07. The molecule has 2 rings (SSSR count). The Hall–Kier alpha value is -1.000. The van der Waals surface area contributed by atoms with E-state index in [9.17, 15) is 4.79 Å². The Morgan fingerprint density at radius 1 is 1.10 bits per heavy atom. The highest BCUT2D eigenvalue weighted by molar-refractivity contribution is 6.35. The fraction of sp³-hybridized carbons (Fsp3) is 0.143. The predicted octanol–water partition coefficient (Wildman–Crippen LogP) is 4.97. The molecule has 0 N–H and O–H groups in total. The third-order valence-corrected chi connectivity index (χ3v) is 3.66. The molecular formula is C14H10Cl4N2O. The molecule has 0 bridgehead atoms. The first-order valence-corrected chi connectivity index (χ1v) is 7.40. The highest BCUT2D eigenvalue weighted by atomic mass is 35.5. The average Bonchev–Trinajstić information content (AvgIpc) is 2.39. The summed E-state index contributed by atoms with van der Waals surface area (Å²) in [5.74, 6) is -0.335. The normalized spacial score (nSPS) is 10.5. The van der Waals surface area contributed by atoms with E-state index in [1.54, 1.807) is 25.2 Å². The van der Waals surface area contributed by atoms with Crippen molar-refractivity contribution in [1.29, 1.82) is 0 Å². The molecule has 0 unspecified atom stereocenters. The number of carbonyl (C=O) groups is 1. The molecule has 3 nitrogen and oxygen atoms in total. The Morgan fingerprint density at radius 2 is 1.71 bits per heavy atom. The quantitative estimate of drug-likeness (QED) is 0.721. The molecule has 110 valence electrons. The Labute approximate surface area is 142 Å². The molecule has 0 saturated carbocycles. The van der Waals surface area contributed by atoms with Gasteiger partial charge in [0, 0.05) is 23.6 Å². The second-order valence-electron chi connectivity index (χ2n) is 4.40. The third-order valence-electron chi connectivity index (χ3n) is 2.70. The molecule has 0 radical (unpaired) electrons. The average molecular weight is 364 g/mol. The standard InChI is InChI=1S/C14H10Cl4N2O/c1-20(7-8-4-9(15)6-10(16)5-8)14(21)13-11(17)2-3-12(18)19-13/h2-6H,7H2,1H3.